The van der Waals surface area contributed by atoms with Crippen LogP contribution >= 0.6 is 11.8 Å². The van der Waals surface area contributed by atoms with E-state index >= 15 is 0 Å². The fourth-order valence-corrected chi connectivity index (χ4v) is 8.57. The first kappa shape index (κ1) is 55.1. The molecule has 1 aromatic carbocycles. The van der Waals surface area contributed by atoms with Gasteiger partial charge in [-0.3, -0.25) is 52.7 Å². The number of carbonyl (C=O) groups excluding carboxylic acids is 11. The van der Waals surface area contributed by atoms with E-state index in [2.05, 4.69) is 37.2 Å². The second-order valence-electron chi connectivity index (χ2n) is 17.4. The number of nitrogens with one attached hydrogen (secondary N) is 7. The Hall–Kier alpha value is -6.46. The van der Waals surface area contributed by atoms with Gasteiger partial charge in [-0.1, -0.05) is 46.2 Å². The molecule has 0 aromatic heterocycles. The van der Waals surface area contributed by atoms with E-state index in [1.165, 1.54) is 25.9 Å². The first-order valence-corrected chi connectivity index (χ1v) is 24.0. The number of carbonyl (C=O) groups is 11. The monoisotopic (exact) mass is 988 g/mol. The number of likely N-dealkylation sites (tertiary alicyclic amines) is 1. The molecule has 24 heteroatoms. The average molecular weight is 989 g/mol. The maximum atomic E-state index is 14.5. The van der Waals surface area contributed by atoms with Gasteiger partial charge in [-0.15, -0.1) is 0 Å². The summed E-state index contributed by atoms with van der Waals surface area (Å²) in [5, 5.41) is 18.0. The van der Waals surface area contributed by atoms with E-state index in [1.54, 1.807) is 38.1 Å². The number of hydrogen-bond acceptors (Lipinski definition) is 13. The standard InChI is InChI=1S/C45H69N11O12S/c1-6-25(4)38-44(66)51-28(15-16-34(46)57)40(62)52-31(21-35(47)58)41(63)54-32(23-69-18-8-10-37(60)50-30(42(64)55-38)20-26-11-13-27(68-5)14-12-26)45(67)56-17-7-9-33(56)43(65)53-29(19-24(2)3)39(61)49-22-36(48)59/h11-14,24-25,28-33,38H,6-10,15-23H2,1-5H3,(H2,46,57)(H2,47,58)(H2,48,59)(H,49,61)(H,50,60)(H,51,66)(H,52,62)(H,53,65)(H,54,63)(H,55,64)/i24D. The van der Waals surface area contributed by atoms with Gasteiger partial charge in [0.2, 0.25) is 65.0 Å². The van der Waals surface area contributed by atoms with E-state index in [4.69, 9.17) is 23.3 Å². The second-order valence-corrected chi connectivity index (χ2v) is 18.6. The highest BCUT2D eigenvalue weighted by Gasteiger charge is 2.40. The van der Waals surface area contributed by atoms with Gasteiger partial charge in [0.15, 0.2) is 0 Å². The van der Waals surface area contributed by atoms with Crippen LogP contribution in [0.25, 0.3) is 0 Å². The van der Waals surface area contributed by atoms with E-state index in [0.29, 0.717) is 24.2 Å². The van der Waals surface area contributed by atoms with Crippen LogP contribution in [0.1, 0.15) is 92.4 Å². The summed E-state index contributed by atoms with van der Waals surface area (Å²) in [6.45, 7) is 6.00. The summed E-state index contributed by atoms with van der Waals surface area (Å²) in [4.78, 5) is 148. The third-order valence-electron chi connectivity index (χ3n) is 11.5. The second kappa shape index (κ2) is 28.1. The lowest BCUT2D eigenvalue weighted by Gasteiger charge is -2.31. The third-order valence-corrected chi connectivity index (χ3v) is 12.7. The lowest BCUT2D eigenvalue weighted by atomic mass is 9.96. The molecule has 0 spiro atoms. The Balaban J connectivity index is 2.03. The summed E-state index contributed by atoms with van der Waals surface area (Å²) >= 11 is 1.16. The molecular weight excluding hydrogens is 919 g/mol. The first-order chi connectivity index (χ1) is 32.9. The number of nitrogens with zero attached hydrogens (tertiary/aromatic N) is 1. The van der Waals surface area contributed by atoms with Gasteiger partial charge in [-0.05, 0) is 67.4 Å². The molecule has 2 aliphatic heterocycles. The van der Waals surface area contributed by atoms with Crippen LogP contribution in [0.15, 0.2) is 24.3 Å². The Bertz CT molecular complexity index is 2070. The minimum Gasteiger partial charge on any atom is -0.497 e. The predicted molar refractivity (Wildman–Crippen MR) is 253 cm³/mol. The average Bonchev–Trinajstić information content (AvgIpc) is 3.79. The van der Waals surface area contributed by atoms with E-state index in [0.717, 1.165) is 11.8 Å². The van der Waals surface area contributed by atoms with Crippen molar-refractivity contribution in [1.29, 1.82) is 0 Å². The molecule has 0 saturated carbocycles. The number of hydrogen-bond donors (Lipinski definition) is 10. The zero-order chi connectivity index (χ0) is 52.3. The normalized spacial score (nSPS) is 23.5. The van der Waals surface area contributed by atoms with Crippen LogP contribution in [0.5, 0.6) is 5.75 Å². The number of nitrogens with two attached hydrogens (primary N) is 3. The Morgan fingerprint density at radius 2 is 1.49 bits per heavy atom. The van der Waals surface area contributed by atoms with E-state index in [9.17, 15) is 52.7 Å². The molecule has 11 amide bonds. The minimum atomic E-state index is -1.73. The van der Waals surface area contributed by atoms with Gasteiger partial charge < -0.3 is 64.1 Å². The molecule has 1 aromatic rings. The summed E-state index contributed by atoms with van der Waals surface area (Å²) < 4.78 is 13.6. The molecule has 2 fully saturated rings. The SMILES string of the molecule is [2H]C(C)(C)CC(NC(=O)C1CCCN1C(=O)C1CSCCCC(=O)NC(Cc2ccc(OC)cc2)C(=O)NC(C(C)CC)C(=O)NC(CCC(N)=O)C(=O)NC(CC(N)=O)C(=O)N1)C(=O)NCC(N)=O. The molecule has 0 radical (unpaired) electrons. The van der Waals surface area contributed by atoms with Crippen molar-refractivity contribution in [3.8, 4) is 5.75 Å². The zero-order valence-electron chi connectivity index (χ0n) is 40.8. The molecule has 69 heavy (non-hydrogen) atoms. The summed E-state index contributed by atoms with van der Waals surface area (Å²) in [6.07, 6.45) is -0.728. The first-order valence-electron chi connectivity index (χ1n) is 23.4. The highest BCUT2D eigenvalue weighted by molar-refractivity contribution is 7.99. The molecule has 13 N–H and O–H groups in total. The highest BCUT2D eigenvalue weighted by Crippen LogP contribution is 2.22. The van der Waals surface area contributed by atoms with Crippen molar-refractivity contribution < 1.29 is 58.8 Å². The number of primary amides is 3. The largest absolute Gasteiger partial charge is 0.497 e. The van der Waals surface area contributed by atoms with Crippen molar-refractivity contribution in [2.24, 2.45) is 29.0 Å². The van der Waals surface area contributed by atoms with Crippen LogP contribution in [0.3, 0.4) is 0 Å². The number of thioether (sulfide) groups is 1. The van der Waals surface area contributed by atoms with Gasteiger partial charge in [0.05, 0.1) is 20.1 Å². The van der Waals surface area contributed by atoms with E-state index in [1.807, 2.05) is 0 Å². The Kier molecular flexibility index (Phi) is 22.5. The maximum absolute atomic E-state index is 14.5. The topological polar surface area (TPSA) is 363 Å². The van der Waals surface area contributed by atoms with Crippen LogP contribution in [0, 0.1) is 11.8 Å². The minimum absolute atomic E-state index is 0.0143. The zero-order valence-corrected chi connectivity index (χ0v) is 40.6. The molecule has 2 heterocycles. The molecule has 3 rings (SSSR count). The van der Waals surface area contributed by atoms with Crippen LogP contribution in [0.4, 0.5) is 0 Å². The molecule has 382 valence electrons. The summed E-state index contributed by atoms with van der Waals surface area (Å²) in [7, 11) is 1.50. The number of rotatable bonds is 18. The fraction of sp³-hybridized carbons (Fsp3) is 0.622. The van der Waals surface area contributed by atoms with E-state index < -0.39 is 138 Å². The summed E-state index contributed by atoms with van der Waals surface area (Å²) in [5.74, 6) is -10.2. The Morgan fingerprint density at radius 1 is 0.841 bits per heavy atom. The van der Waals surface area contributed by atoms with Crippen molar-refractivity contribution >= 4 is 76.7 Å². The number of amides is 11. The van der Waals surface area contributed by atoms with Gasteiger partial charge in [0.25, 0.3) is 0 Å². The van der Waals surface area contributed by atoms with Gasteiger partial charge in [0, 0.05) is 32.9 Å². The van der Waals surface area contributed by atoms with Crippen molar-refractivity contribution in [2.75, 3.05) is 31.7 Å². The van der Waals surface area contributed by atoms with Gasteiger partial charge >= 0.3 is 0 Å². The molecule has 2 saturated heterocycles. The van der Waals surface area contributed by atoms with Gasteiger partial charge in [0.1, 0.15) is 48.0 Å². The molecular formula is C45H69N11O12S. The van der Waals surface area contributed by atoms with Gasteiger partial charge in [-0.25, -0.2) is 0 Å². The highest BCUT2D eigenvalue weighted by atomic mass is 32.2. The summed E-state index contributed by atoms with van der Waals surface area (Å²) in [5.41, 5.74) is 16.8. The maximum Gasteiger partial charge on any atom is 0.246 e. The van der Waals surface area contributed by atoms with Crippen molar-refractivity contribution in [2.45, 2.75) is 134 Å². The molecule has 8 atom stereocenters. The van der Waals surface area contributed by atoms with E-state index in [-0.39, 0.29) is 56.6 Å². The van der Waals surface area contributed by atoms with Crippen LogP contribution in [0.2, 0.25) is 0 Å². The smallest absolute Gasteiger partial charge is 0.246 e. The lowest BCUT2D eigenvalue weighted by molar-refractivity contribution is -0.142. The lowest BCUT2D eigenvalue weighted by Crippen LogP contribution is -2.61. The molecule has 2 aliphatic rings. The van der Waals surface area contributed by atoms with Crippen molar-refractivity contribution in [3.05, 3.63) is 29.8 Å². The van der Waals surface area contributed by atoms with Crippen LogP contribution in [-0.2, 0) is 59.2 Å². The molecule has 0 bridgehead atoms. The number of methoxy groups -OCH3 is 1. The number of ether oxygens (including phenoxy) is 1. The van der Waals surface area contributed by atoms with Crippen LogP contribution < -0.4 is 59.2 Å². The molecule has 0 aliphatic carbocycles. The van der Waals surface area contributed by atoms with Crippen LogP contribution in [-0.4, -0.2) is 144 Å². The third kappa shape index (κ3) is 18.9. The molecule has 8 unspecified atom stereocenters. The fourth-order valence-electron chi connectivity index (χ4n) is 7.60. The Labute approximate surface area is 407 Å². The molecule has 23 nitrogen and oxygen atoms in total. The predicted octanol–water partition coefficient (Wildman–Crippen LogP) is -2.50. The quantitative estimate of drug-likeness (QED) is 0.0728. The Morgan fingerprint density at radius 3 is 2.10 bits per heavy atom. The number of benzene rings is 1. The van der Waals surface area contributed by atoms with Crippen molar-refractivity contribution in [3.63, 3.8) is 0 Å². The summed E-state index contributed by atoms with van der Waals surface area (Å²) in [6, 6.07) is -2.81. The van der Waals surface area contributed by atoms with Crippen molar-refractivity contribution in [1.82, 2.24) is 42.1 Å². The van der Waals surface area contributed by atoms with Gasteiger partial charge in [-0.2, -0.15) is 11.8 Å².